The lowest BCUT2D eigenvalue weighted by Gasteiger charge is -2.22. The van der Waals surface area contributed by atoms with Crippen molar-refractivity contribution in [2.24, 2.45) is 9.98 Å². The molecule has 0 bridgehead atoms. The van der Waals surface area contributed by atoms with Gasteiger partial charge in [0.2, 0.25) is 6.79 Å². The van der Waals surface area contributed by atoms with Crippen LogP contribution >= 0.6 is 23.2 Å². The topological polar surface area (TPSA) is 70.9 Å². The Kier molecular flexibility index (Phi) is 6.14. The summed E-state index contributed by atoms with van der Waals surface area (Å²) in [6.07, 6.45) is 0. The molecule has 0 atom stereocenters. The van der Waals surface area contributed by atoms with Gasteiger partial charge in [0, 0.05) is 11.5 Å². The fourth-order valence-electron chi connectivity index (χ4n) is 4.83. The van der Waals surface area contributed by atoms with Gasteiger partial charge in [0.1, 0.15) is 49.4 Å². The maximum atomic E-state index is 6.88. The van der Waals surface area contributed by atoms with Gasteiger partial charge >= 0.3 is 0 Å². The van der Waals surface area contributed by atoms with Crippen LogP contribution in [0.2, 0.25) is 10.0 Å². The van der Waals surface area contributed by atoms with E-state index in [1.807, 2.05) is 74.5 Å². The van der Waals surface area contributed by atoms with Gasteiger partial charge in [0.05, 0.1) is 7.11 Å². The van der Waals surface area contributed by atoms with E-state index in [9.17, 15) is 0 Å². The van der Waals surface area contributed by atoms with Crippen molar-refractivity contribution >= 4 is 45.3 Å². The van der Waals surface area contributed by atoms with Gasteiger partial charge in [-0.2, -0.15) is 0 Å². The zero-order chi connectivity index (χ0) is 28.2. The van der Waals surface area contributed by atoms with Crippen LogP contribution in [0.4, 0.5) is 11.4 Å². The lowest BCUT2D eigenvalue weighted by molar-refractivity contribution is 0.119. The van der Waals surface area contributed by atoms with Crippen molar-refractivity contribution in [1.29, 1.82) is 0 Å². The Morgan fingerprint density at radius 3 is 2.17 bits per heavy atom. The molecule has 0 spiro atoms. The molecule has 0 aromatic heterocycles. The van der Waals surface area contributed by atoms with E-state index in [1.54, 1.807) is 13.2 Å². The molecule has 9 heteroatoms. The minimum atomic E-state index is 0.0353. The van der Waals surface area contributed by atoms with E-state index >= 15 is 0 Å². The van der Waals surface area contributed by atoms with Gasteiger partial charge in [0.25, 0.3) is 0 Å². The molecule has 5 aromatic carbocycles. The third-order valence-electron chi connectivity index (χ3n) is 7.00. The zero-order valence-corrected chi connectivity index (χ0v) is 23.8. The lowest BCUT2D eigenvalue weighted by Crippen LogP contribution is -2.22. The van der Waals surface area contributed by atoms with E-state index in [1.165, 1.54) is 0 Å². The van der Waals surface area contributed by atoms with E-state index in [-0.39, 0.29) is 16.8 Å². The highest BCUT2D eigenvalue weighted by Gasteiger charge is 2.28. The molecule has 204 valence electrons. The van der Waals surface area contributed by atoms with Crippen LogP contribution in [0.3, 0.4) is 0 Å². The Labute approximate surface area is 245 Å². The van der Waals surface area contributed by atoms with E-state index < -0.39 is 0 Å². The molecule has 7 nitrogen and oxygen atoms in total. The van der Waals surface area contributed by atoms with Crippen LogP contribution in [0.25, 0.3) is 10.8 Å². The van der Waals surface area contributed by atoms with Crippen molar-refractivity contribution < 1.29 is 23.7 Å². The normalized spacial score (nSPS) is 12.4. The molecule has 0 radical (unpaired) electrons. The summed E-state index contributed by atoms with van der Waals surface area (Å²) < 4.78 is 29.6. The maximum absolute atomic E-state index is 6.88. The number of halogens is 2. The number of ether oxygens (including phenoxy) is 5. The van der Waals surface area contributed by atoms with Crippen molar-refractivity contribution in [3.05, 3.63) is 98.6 Å². The van der Waals surface area contributed by atoms with Crippen LogP contribution in [0.5, 0.6) is 40.2 Å². The molecule has 0 unspecified atom stereocenters. The molecule has 2 aliphatic heterocycles. The molecule has 2 heterocycles. The number of hydrogen-bond acceptors (Lipinski definition) is 7. The summed E-state index contributed by atoms with van der Waals surface area (Å²) >= 11 is 13.7. The monoisotopic (exact) mass is 584 g/mol. The summed E-state index contributed by atoms with van der Waals surface area (Å²) in [5.74, 6) is 3.75. The average molecular weight is 585 g/mol. The zero-order valence-electron chi connectivity index (χ0n) is 22.2. The van der Waals surface area contributed by atoms with Gasteiger partial charge in [0.15, 0.2) is 23.0 Å². The van der Waals surface area contributed by atoms with Gasteiger partial charge in [-0.15, -0.1) is 0 Å². The van der Waals surface area contributed by atoms with E-state index in [2.05, 4.69) is 0 Å². The smallest absolute Gasteiger partial charge is 0.230 e. The van der Waals surface area contributed by atoms with Gasteiger partial charge in [-0.05, 0) is 67.3 Å². The molecule has 0 fully saturated rings. The number of hydrogen-bond donors (Lipinski definition) is 0. The SMILES string of the molecule is COc1ccc2c3c(ccc2c1)N=c1c(Cl)c2c(c(Cl)c1O3)=Nc1cc(C)c(OCOc3ccc(C)cc3)cc1O2. The second-order valence-corrected chi connectivity index (χ2v) is 10.5. The maximum Gasteiger partial charge on any atom is 0.230 e. The Hall–Kier alpha value is -4.46. The van der Waals surface area contributed by atoms with Gasteiger partial charge < -0.3 is 23.7 Å². The minimum Gasteiger partial charge on any atom is -0.497 e. The van der Waals surface area contributed by atoms with Crippen LogP contribution in [0, 0.1) is 13.8 Å². The summed E-state index contributed by atoms with van der Waals surface area (Å²) in [5, 5.41) is 3.08. The van der Waals surface area contributed by atoms with Crippen LogP contribution in [0.1, 0.15) is 11.1 Å². The van der Waals surface area contributed by atoms with Crippen LogP contribution < -0.4 is 34.4 Å². The Morgan fingerprint density at radius 1 is 0.707 bits per heavy atom. The molecule has 0 amide bonds. The fourth-order valence-corrected chi connectivity index (χ4v) is 5.34. The number of benzene rings is 5. The number of methoxy groups -OCH3 is 1. The molecular weight excluding hydrogens is 563 g/mol. The van der Waals surface area contributed by atoms with Crippen molar-refractivity contribution in [3.8, 4) is 40.2 Å². The third kappa shape index (κ3) is 4.38. The highest BCUT2D eigenvalue weighted by molar-refractivity contribution is 6.35. The molecule has 5 aromatic rings. The first kappa shape index (κ1) is 25.5. The standard InChI is InChI=1S/C32H22Cl2N2O5/c1-16-4-7-19(8-5-16)38-15-39-24-14-25-23(12-17(24)2)36-28-27(34)32-29(26(33)31(28)40-25)35-22-11-6-18-13-20(37-3)9-10-21(18)30(22)41-32/h4-14H,15H2,1-3H3. The number of nitrogens with zero attached hydrogens (tertiary/aromatic N) is 2. The summed E-state index contributed by atoms with van der Waals surface area (Å²) in [6, 6.07) is 21.0. The quantitative estimate of drug-likeness (QED) is 0.190. The summed E-state index contributed by atoms with van der Waals surface area (Å²) in [7, 11) is 1.63. The van der Waals surface area contributed by atoms with Crippen molar-refractivity contribution in [2.75, 3.05) is 13.9 Å². The van der Waals surface area contributed by atoms with E-state index in [0.717, 1.165) is 33.4 Å². The predicted molar refractivity (Wildman–Crippen MR) is 157 cm³/mol. The molecule has 0 saturated heterocycles. The Bertz CT molecular complexity index is 2010. The average Bonchev–Trinajstić information content (AvgIpc) is 2.99. The summed E-state index contributed by atoms with van der Waals surface area (Å²) in [6.45, 7) is 3.98. The van der Waals surface area contributed by atoms with Crippen molar-refractivity contribution in [3.63, 3.8) is 0 Å². The molecule has 2 aliphatic rings. The van der Waals surface area contributed by atoms with Gasteiger partial charge in [-0.25, -0.2) is 9.98 Å². The van der Waals surface area contributed by atoms with Crippen molar-refractivity contribution in [2.45, 2.75) is 13.8 Å². The highest BCUT2D eigenvalue weighted by atomic mass is 35.5. The lowest BCUT2D eigenvalue weighted by atomic mass is 10.1. The first-order valence-corrected chi connectivity index (χ1v) is 13.6. The second-order valence-electron chi connectivity index (χ2n) is 9.72. The number of rotatable bonds is 5. The molecule has 7 rings (SSSR count). The van der Waals surface area contributed by atoms with Crippen LogP contribution in [-0.4, -0.2) is 13.9 Å². The molecule has 41 heavy (non-hydrogen) atoms. The molecular formula is C32H22Cl2N2O5. The van der Waals surface area contributed by atoms with Crippen molar-refractivity contribution in [1.82, 2.24) is 0 Å². The first-order valence-electron chi connectivity index (χ1n) is 12.8. The third-order valence-corrected chi connectivity index (χ3v) is 7.70. The summed E-state index contributed by atoms with van der Waals surface area (Å²) in [5.41, 5.74) is 3.23. The van der Waals surface area contributed by atoms with E-state index in [4.69, 9.17) is 56.9 Å². The Balaban J connectivity index is 1.25. The van der Waals surface area contributed by atoms with Gasteiger partial charge in [-0.3, -0.25) is 0 Å². The molecule has 0 saturated carbocycles. The Morgan fingerprint density at radius 2 is 1.41 bits per heavy atom. The minimum absolute atomic E-state index is 0.0353. The summed E-state index contributed by atoms with van der Waals surface area (Å²) in [4.78, 5) is 9.59. The molecule has 0 aliphatic carbocycles. The number of aryl methyl sites for hydroxylation is 2. The molecule has 0 N–H and O–H groups in total. The second kappa shape index (κ2) is 9.87. The number of fused-ring (bicyclic) bond motifs is 6. The highest BCUT2D eigenvalue weighted by Crippen LogP contribution is 2.46. The van der Waals surface area contributed by atoms with Crippen LogP contribution in [-0.2, 0) is 0 Å². The largest absolute Gasteiger partial charge is 0.497 e. The predicted octanol–water partition coefficient (Wildman–Crippen LogP) is 8.30. The van der Waals surface area contributed by atoms with Crippen LogP contribution in [0.15, 0.2) is 76.7 Å². The first-order chi connectivity index (χ1) is 19.9. The fraction of sp³-hybridized carbons (Fsp3) is 0.125. The van der Waals surface area contributed by atoms with Gasteiger partial charge in [-0.1, -0.05) is 47.0 Å². The van der Waals surface area contributed by atoms with E-state index in [0.29, 0.717) is 50.8 Å².